The lowest BCUT2D eigenvalue weighted by Crippen LogP contribution is -2.47. The van der Waals surface area contributed by atoms with Crippen molar-refractivity contribution in [3.8, 4) is 0 Å². The summed E-state index contributed by atoms with van der Waals surface area (Å²) >= 11 is 1.59. The first-order valence-electron chi connectivity index (χ1n) is 9.19. The predicted molar refractivity (Wildman–Crippen MR) is 110 cm³/mol. The van der Waals surface area contributed by atoms with E-state index in [1.807, 2.05) is 30.3 Å². The number of rotatable bonds is 7. The lowest BCUT2D eigenvalue weighted by atomic mass is 10.1. The van der Waals surface area contributed by atoms with Crippen LogP contribution >= 0.6 is 11.8 Å². The summed E-state index contributed by atoms with van der Waals surface area (Å²) < 4.78 is 26.5. The fraction of sp³-hybridized carbons (Fsp3) is 0.286. The summed E-state index contributed by atoms with van der Waals surface area (Å²) in [6.07, 6.45) is -0.225. The maximum atomic E-state index is 13.3. The number of nitrogens with one attached hydrogen (secondary N) is 2. The third-order valence-corrected chi connectivity index (χ3v) is 5.38. The Morgan fingerprint density at radius 2 is 1.79 bits per heavy atom. The van der Waals surface area contributed by atoms with Gasteiger partial charge in [-0.1, -0.05) is 30.3 Å². The Kier molecular flexibility index (Phi) is 6.98. The van der Waals surface area contributed by atoms with Gasteiger partial charge in [-0.25, -0.2) is 8.78 Å². The number of thioether (sulfide) groups is 1. The minimum absolute atomic E-state index is 0.200. The Bertz CT molecular complexity index is 901. The van der Waals surface area contributed by atoms with Crippen molar-refractivity contribution in [3.05, 3.63) is 71.3 Å². The van der Waals surface area contributed by atoms with Gasteiger partial charge >= 0.3 is 0 Å². The molecule has 2 aromatic carbocycles. The second kappa shape index (κ2) is 9.65. The molecule has 3 rings (SSSR count). The number of carbonyl (C=O) groups excluding carboxylic acids is 2. The molecule has 1 aliphatic heterocycles. The zero-order chi connectivity index (χ0) is 20.8. The van der Waals surface area contributed by atoms with Gasteiger partial charge in [0.2, 0.25) is 11.8 Å². The average Bonchev–Trinajstić information content (AvgIpc) is 3.20. The molecule has 0 saturated heterocycles. The van der Waals surface area contributed by atoms with Crippen molar-refractivity contribution in [2.45, 2.75) is 25.4 Å². The Hall–Kier alpha value is -2.74. The molecule has 2 N–H and O–H groups in total. The van der Waals surface area contributed by atoms with Gasteiger partial charge < -0.3 is 10.6 Å². The summed E-state index contributed by atoms with van der Waals surface area (Å²) in [6.45, 7) is 2.26. The highest BCUT2D eigenvalue weighted by Crippen LogP contribution is 2.25. The number of carbonyl (C=O) groups is 2. The largest absolute Gasteiger partial charge is 0.344 e. The average molecular weight is 417 g/mol. The minimum atomic E-state index is -0.820. The normalized spacial score (nSPS) is 15.3. The number of halogens is 2. The molecule has 0 bridgehead atoms. The highest BCUT2D eigenvalue weighted by atomic mass is 32.2. The van der Waals surface area contributed by atoms with Crippen molar-refractivity contribution in [1.29, 1.82) is 0 Å². The van der Waals surface area contributed by atoms with E-state index in [2.05, 4.69) is 15.6 Å². The van der Waals surface area contributed by atoms with Gasteiger partial charge in [-0.15, -0.1) is 11.8 Å². The van der Waals surface area contributed by atoms with Crippen molar-refractivity contribution in [3.63, 3.8) is 0 Å². The molecule has 29 heavy (non-hydrogen) atoms. The van der Waals surface area contributed by atoms with Gasteiger partial charge in [0, 0.05) is 18.4 Å². The van der Waals surface area contributed by atoms with E-state index in [9.17, 15) is 18.4 Å². The molecule has 1 heterocycles. The molecule has 5 nitrogen and oxygen atoms in total. The van der Waals surface area contributed by atoms with Crippen LogP contribution in [0.15, 0.2) is 53.5 Å². The summed E-state index contributed by atoms with van der Waals surface area (Å²) in [6, 6.07) is 11.2. The molecular weight excluding hydrogens is 396 g/mol. The van der Waals surface area contributed by atoms with Crippen LogP contribution in [0.4, 0.5) is 8.78 Å². The van der Waals surface area contributed by atoms with Crippen LogP contribution < -0.4 is 10.6 Å². The lowest BCUT2D eigenvalue weighted by molar-refractivity contribution is -0.128. The standard InChI is InChI=1S/C21H21F2N3O2S/c1-13(25-18(27)11-14-9-16(22)12-17(23)10-14)20(28)26-19(21-24-7-8-29-21)15-5-3-2-4-6-15/h2-6,9-10,12-13,19H,7-8,11H2,1H3,(H,25,27)(H,26,28)/t13-,19?/m0/s1. The molecule has 1 aliphatic rings. The van der Waals surface area contributed by atoms with Crippen molar-refractivity contribution in [2.75, 3.05) is 12.3 Å². The van der Waals surface area contributed by atoms with Crippen molar-refractivity contribution in [2.24, 2.45) is 4.99 Å². The van der Waals surface area contributed by atoms with E-state index < -0.39 is 23.6 Å². The molecule has 1 unspecified atom stereocenters. The van der Waals surface area contributed by atoms with Crippen LogP contribution in [0.2, 0.25) is 0 Å². The molecule has 0 fully saturated rings. The van der Waals surface area contributed by atoms with Crippen LogP contribution in [0.3, 0.4) is 0 Å². The molecule has 2 aromatic rings. The maximum Gasteiger partial charge on any atom is 0.243 e. The van der Waals surface area contributed by atoms with E-state index in [1.54, 1.807) is 18.7 Å². The van der Waals surface area contributed by atoms with E-state index in [0.29, 0.717) is 6.54 Å². The molecule has 0 radical (unpaired) electrons. The van der Waals surface area contributed by atoms with Gasteiger partial charge in [0.15, 0.2) is 0 Å². The Morgan fingerprint density at radius 3 is 2.41 bits per heavy atom. The Balaban J connectivity index is 1.63. The highest BCUT2D eigenvalue weighted by Gasteiger charge is 2.26. The number of nitrogens with zero attached hydrogens (tertiary/aromatic N) is 1. The fourth-order valence-electron chi connectivity index (χ4n) is 2.98. The molecule has 8 heteroatoms. The van der Waals surface area contributed by atoms with Crippen LogP contribution in [0.1, 0.15) is 24.1 Å². The van der Waals surface area contributed by atoms with Crippen LogP contribution in [0.25, 0.3) is 0 Å². The zero-order valence-electron chi connectivity index (χ0n) is 15.8. The molecule has 0 saturated carbocycles. The molecule has 2 atom stereocenters. The van der Waals surface area contributed by atoms with Gasteiger partial charge in [0.1, 0.15) is 23.7 Å². The third kappa shape index (κ3) is 5.87. The molecular formula is C21H21F2N3O2S. The smallest absolute Gasteiger partial charge is 0.243 e. The van der Waals surface area contributed by atoms with Crippen molar-refractivity contribution < 1.29 is 18.4 Å². The van der Waals surface area contributed by atoms with Crippen LogP contribution in [-0.4, -0.2) is 35.2 Å². The SMILES string of the molecule is C[C@H](NC(=O)Cc1cc(F)cc(F)c1)C(=O)NC(C1=NCCS1)c1ccccc1. The van der Waals surface area contributed by atoms with E-state index in [4.69, 9.17) is 0 Å². The lowest BCUT2D eigenvalue weighted by Gasteiger charge is -2.22. The molecule has 152 valence electrons. The Morgan fingerprint density at radius 1 is 1.10 bits per heavy atom. The van der Waals surface area contributed by atoms with Crippen LogP contribution in [0, 0.1) is 11.6 Å². The van der Waals surface area contributed by atoms with Crippen molar-refractivity contribution in [1.82, 2.24) is 10.6 Å². The van der Waals surface area contributed by atoms with E-state index >= 15 is 0 Å². The minimum Gasteiger partial charge on any atom is -0.344 e. The predicted octanol–water partition coefficient (Wildman–Crippen LogP) is 3.01. The van der Waals surface area contributed by atoms with Crippen molar-refractivity contribution >= 4 is 28.6 Å². The molecule has 2 amide bonds. The first-order valence-corrected chi connectivity index (χ1v) is 10.2. The fourth-order valence-corrected chi connectivity index (χ4v) is 3.92. The number of benzene rings is 2. The molecule has 0 aliphatic carbocycles. The van der Waals surface area contributed by atoms with Gasteiger partial charge in [-0.3, -0.25) is 14.6 Å². The van der Waals surface area contributed by atoms with Gasteiger partial charge in [-0.05, 0) is 30.2 Å². The topological polar surface area (TPSA) is 70.6 Å². The first kappa shape index (κ1) is 21.0. The summed E-state index contributed by atoms with van der Waals surface area (Å²) in [5.41, 5.74) is 1.11. The second-order valence-corrected chi connectivity index (χ2v) is 7.78. The summed E-state index contributed by atoms with van der Waals surface area (Å²) in [4.78, 5) is 29.3. The summed E-state index contributed by atoms with van der Waals surface area (Å²) in [7, 11) is 0. The van der Waals surface area contributed by atoms with E-state index in [-0.39, 0.29) is 23.9 Å². The quantitative estimate of drug-likeness (QED) is 0.728. The van der Waals surface area contributed by atoms with E-state index in [0.717, 1.165) is 34.6 Å². The second-order valence-electron chi connectivity index (χ2n) is 6.66. The first-order chi connectivity index (χ1) is 13.9. The molecule has 0 spiro atoms. The summed E-state index contributed by atoms with van der Waals surface area (Å²) in [5.74, 6) is -1.50. The zero-order valence-corrected chi connectivity index (χ0v) is 16.6. The number of hydrogen-bond acceptors (Lipinski definition) is 4. The van der Waals surface area contributed by atoms with Crippen LogP contribution in [0.5, 0.6) is 0 Å². The number of aliphatic imine (C=N–C) groups is 1. The highest BCUT2D eigenvalue weighted by molar-refractivity contribution is 8.14. The summed E-state index contributed by atoms with van der Waals surface area (Å²) in [5, 5.41) is 6.34. The van der Waals surface area contributed by atoms with E-state index in [1.165, 1.54) is 0 Å². The monoisotopic (exact) mass is 417 g/mol. The number of hydrogen-bond donors (Lipinski definition) is 2. The molecule has 0 aromatic heterocycles. The maximum absolute atomic E-state index is 13.3. The van der Waals surface area contributed by atoms with Gasteiger partial charge in [0.25, 0.3) is 0 Å². The Labute approximate surface area is 172 Å². The number of amides is 2. The third-order valence-electron chi connectivity index (χ3n) is 4.33. The van der Waals surface area contributed by atoms with Crippen LogP contribution in [-0.2, 0) is 16.0 Å². The van der Waals surface area contributed by atoms with Gasteiger partial charge in [-0.2, -0.15) is 0 Å². The van der Waals surface area contributed by atoms with Gasteiger partial charge in [0.05, 0.1) is 11.5 Å².